The van der Waals surface area contributed by atoms with Crippen LogP contribution in [0, 0.1) is 5.82 Å². The number of carbonyl (C=O) groups is 1. The third-order valence-electron chi connectivity index (χ3n) is 3.09. The van der Waals surface area contributed by atoms with Gasteiger partial charge in [0.2, 0.25) is 0 Å². The van der Waals surface area contributed by atoms with E-state index in [-0.39, 0.29) is 5.56 Å². The topological polar surface area (TPSA) is 68.0 Å². The van der Waals surface area contributed by atoms with Crippen LogP contribution in [0.5, 0.6) is 0 Å². The van der Waals surface area contributed by atoms with Crippen LogP contribution in [0.15, 0.2) is 36.5 Å². The van der Waals surface area contributed by atoms with Crippen LogP contribution in [-0.2, 0) is 7.05 Å². The second-order valence-corrected chi connectivity index (χ2v) is 4.36. The normalized spacial score (nSPS) is 10.9. The molecule has 6 heteroatoms. The Labute approximate surface area is 113 Å². The van der Waals surface area contributed by atoms with E-state index in [4.69, 9.17) is 0 Å². The summed E-state index contributed by atoms with van der Waals surface area (Å²) in [6, 6.07) is 7.06. The Bertz CT molecular complexity index is 826. The SMILES string of the molecule is Cn1nccc1-c1cc(C(=O)O)c2ccc(F)cc2n1. The molecule has 0 bridgehead atoms. The molecule has 0 aliphatic rings. The van der Waals surface area contributed by atoms with Gasteiger partial charge in [-0.3, -0.25) is 4.68 Å². The minimum absolute atomic E-state index is 0.0891. The lowest BCUT2D eigenvalue weighted by atomic mass is 10.1. The van der Waals surface area contributed by atoms with Crippen molar-refractivity contribution in [3.8, 4) is 11.4 Å². The van der Waals surface area contributed by atoms with Gasteiger partial charge in [0.15, 0.2) is 0 Å². The van der Waals surface area contributed by atoms with E-state index >= 15 is 0 Å². The molecule has 0 atom stereocenters. The number of carboxylic acids is 1. The van der Waals surface area contributed by atoms with Gasteiger partial charge in [0.25, 0.3) is 0 Å². The molecule has 0 saturated heterocycles. The molecule has 100 valence electrons. The van der Waals surface area contributed by atoms with Crippen molar-refractivity contribution < 1.29 is 14.3 Å². The highest BCUT2D eigenvalue weighted by molar-refractivity contribution is 6.03. The van der Waals surface area contributed by atoms with Crippen LogP contribution in [0.1, 0.15) is 10.4 Å². The van der Waals surface area contributed by atoms with E-state index in [1.54, 1.807) is 24.0 Å². The smallest absolute Gasteiger partial charge is 0.336 e. The molecule has 3 rings (SSSR count). The van der Waals surface area contributed by atoms with E-state index in [2.05, 4.69) is 10.1 Å². The minimum Gasteiger partial charge on any atom is -0.478 e. The number of aromatic carboxylic acids is 1. The van der Waals surface area contributed by atoms with Crippen LogP contribution in [0.3, 0.4) is 0 Å². The Morgan fingerprint density at radius 3 is 2.75 bits per heavy atom. The molecule has 2 aromatic heterocycles. The highest BCUT2D eigenvalue weighted by atomic mass is 19.1. The number of carboxylic acid groups (broad SMARTS) is 1. The van der Waals surface area contributed by atoms with Crippen molar-refractivity contribution in [1.29, 1.82) is 0 Å². The average molecular weight is 271 g/mol. The van der Waals surface area contributed by atoms with Crippen molar-refractivity contribution in [1.82, 2.24) is 14.8 Å². The van der Waals surface area contributed by atoms with Crippen LogP contribution in [0.25, 0.3) is 22.3 Å². The summed E-state index contributed by atoms with van der Waals surface area (Å²) in [5.41, 5.74) is 1.51. The third kappa shape index (κ3) is 1.91. The molecule has 0 fully saturated rings. The first-order valence-corrected chi connectivity index (χ1v) is 5.88. The second kappa shape index (κ2) is 4.41. The molecule has 20 heavy (non-hydrogen) atoms. The zero-order chi connectivity index (χ0) is 14.3. The molecule has 0 radical (unpaired) electrons. The van der Waals surface area contributed by atoms with Gasteiger partial charge in [0.1, 0.15) is 5.82 Å². The molecular formula is C14H10FN3O2. The summed E-state index contributed by atoms with van der Waals surface area (Å²) in [5, 5.41) is 13.7. The van der Waals surface area contributed by atoms with Crippen LogP contribution >= 0.6 is 0 Å². The Balaban J connectivity index is 2.35. The summed E-state index contributed by atoms with van der Waals surface area (Å²) >= 11 is 0. The number of benzene rings is 1. The van der Waals surface area contributed by atoms with Gasteiger partial charge in [-0.25, -0.2) is 14.2 Å². The highest BCUT2D eigenvalue weighted by Gasteiger charge is 2.14. The highest BCUT2D eigenvalue weighted by Crippen LogP contribution is 2.25. The second-order valence-electron chi connectivity index (χ2n) is 4.36. The van der Waals surface area contributed by atoms with Gasteiger partial charge >= 0.3 is 5.97 Å². The summed E-state index contributed by atoms with van der Waals surface area (Å²) in [6.45, 7) is 0. The van der Waals surface area contributed by atoms with Crippen LogP contribution < -0.4 is 0 Å². The van der Waals surface area contributed by atoms with Gasteiger partial charge < -0.3 is 5.11 Å². The molecule has 0 unspecified atom stereocenters. The first kappa shape index (κ1) is 12.3. The number of hydrogen-bond acceptors (Lipinski definition) is 3. The third-order valence-corrected chi connectivity index (χ3v) is 3.09. The maximum Gasteiger partial charge on any atom is 0.336 e. The number of fused-ring (bicyclic) bond motifs is 1. The Morgan fingerprint density at radius 1 is 1.30 bits per heavy atom. The predicted octanol–water partition coefficient (Wildman–Crippen LogP) is 2.47. The maximum absolute atomic E-state index is 13.3. The van der Waals surface area contributed by atoms with Gasteiger partial charge in [-0.05, 0) is 24.3 Å². The predicted molar refractivity (Wildman–Crippen MR) is 70.9 cm³/mol. The summed E-state index contributed by atoms with van der Waals surface area (Å²) in [5.74, 6) is -1.53. The van der Waals surface area contributed by atoms with Crippen molar-refractivity contribution in [2.75, 3.05) is 0 Å². The number of aromatic nitrogens is 3. The van der Waals surface area contributed by atoms with E-state index in [9.17, 15) is 14.3 Å². The standard InChI is InChI=1S/C14H10FN3O2/c1-18-13(4-5-16-18)12-7-10(14(19)20)9-3-2-8(15)6-11(9)17-12/h2-7H,1H3,(H,19,20). The van der Waals surface area contributed by atoms with Crippen LogP contribution in [-0.4, -0.2) is 25.8 Å². The van der Waals surface area contributed by atoms with E-state index < -0.39 is 11.8 Å². The number of aryl methyl sites for hydroxylation is 1. The van der Waals surface area contributed by atoms with Crippen molar-refractivity contribution in [2.24, 2.45) is 7.05 Å². The van der Waals surface area contributed by atoms with Crippen molar-refractivity contribution in [3.63, 3.8) is 0 Å². The van der Waals surface area contributed by atoms with Crippen molar-refractivity contribution >= 4 is 16.9 Å². The quantitative estimate of drug-likeness (QED) is 0.777. The molecule has 0 spiro atoms. The number of hydrogen-bond donors (Lipinski definition) is 1. The average Bonchev–Trinajstić information content (AvgIpc) is 2.83. The maximum atomic E-state index is 13.3. The largest absolute Gasteiger partial charge is 0.478 e. The molecule has 3 aromatic rings. The van der Waals surface area contributed by atoms with Gasteiger partial charge in [-0.2, -0.15) is 5.10 Å². The summed E-state index contributed by atoms with van der Waals surface area (Å²) < 4.78 is 14.9. The molecule has 0 amide bonds. The number of pyridine rings is 1. The summed E-state index contributed by atoms with van der Waals surface area (Å²) in [7, 11) is 1.73. The van der Waals surface area contributed by atoms with Crippen LogP contribution in [0.2, 0.25) is 0 Å². The fourth-order valence-electron chi connectivity index (χ4n) is 2.13. The lowest BCUT2D eigenvalue weighted by molar-refractivity contribution is 0.0699. The van der Waals surface area contributed by atoms with Crippen molar-refractivity contribution in [3.05, 3.63) is 47.9 Å². The Hall–Kier alpha value is -2.76. The fourth-order valence-corrected chi connectivity index (χ4v) is 2.13. The Kier molecular flexibility index (Phi) is 2.71. The van der Waals surface area contributed by atoms with E-state index in [0.717, 1.165) is 0 Å². The molecule has 0 aliphatic carbocycles. The zero-order valence-corrected chi connectivity index (χ0v) is 10.5. The molecule has 1 N–H and O–H groups in total. The van der Waals surface area contributed by atoms with E-state index in [0.29, 0.717) is 22.3 Å². The fraction of sp³-hybridized carbons (Fsp3) is 0.0714. The van der Waals surface area contributed by atoms with E-state index in [1.807, 2.05) is 0 Å². The summed E-state index contributed by atoms with van der Waals surface area (Å²) in [4.78, 5) is 15.7. The molecule has 1 aromatic carbocycles. The lowest BCUT2D eigenvalue weighted by Gasteiger charge is -2.07. The van der Waals surface area contributed by atoms with Gasteiger partial charge in [0, 0.05) is 24.7 Å². The molecular weight excluding hydrogens is 261 g/mol. The molecule has 0 aliphatic heterocycles. The van der Waals surface area contributed by atoms with E-state index in [1.165, 1.54) is 24.3 Å². The van der Waals surface area contributed by atoms with Crippen molar-refractivity contribution in [2.45, 2.75) is 0 Å². The van der Waals surface area contributed by atoms with Crippen LogP contribution in [0.4, 0.5) is 4.39 Å². The summed E-state index contributed by atoms with van der Waals surface area (Å²) in [6.07, 6.45) is 1.59. The number of nitrogens with zero attached hydrogens (tertiary/aromatic N) is 3. The number of halogens is 1. The minimum atomic E-state index is -1.08. The zero-order valence-electron chi connectivity index (χ0n) is 10.5. The monoisotopic (exact) mass is 271 g/mol. The molecule has 5 nitrogen and oxygen atoms in total. The first-order chi connectivity index (χ1) is 9.56. The van der Waals surface area contributed by atoms with Gasteiger partial charge in [0.05, 0.1) is 22.5 Å². The lowest BCUT2D eigenvalue weighted by Crippen LogP contribution is -2.02. The van der Waals surface area contributed by atoms with Gasteiger partial charge in [-0.1, -0.05) is 0 Å². The molecule has 2 heterocycles. The molecule has 0 saturated carbocycles. The number of rotatable bonds is 2. The Morgan fingerprint density at radius 2 is 2.10 bits per heavy atom. The van der Waals surface area contributed by atoms with Gasteiger partial charge in [-0.15, -0.1) is 0 Å². The first-order valence-electron chi connectivity index (χ1n) is 5.88.